The third-order valence-electron chi connectivity index (χ3n) is 2.20. The molecule has 0 aromatic carbocycles. The summed E-state index contributed by atoms with van der Waals surface area (Å²) < 4.78 is 0. The maximum Gasteiger partial charge on any atom is 0.137 e. The number of hydrogen-bond donors (Lipinski definition) is 1. The van der Waals surface area contributed by atoms with Crippen molar-refractivity contribution in [2.24, 2.45) is 5.92 Å². The van der Waals surface area contributed by atoms with E-state index in [1.54, 1.807) is 0 Å². The van der Waals surface area contributed by atoms with Crippen LogP contribution in [-0.4, -0.2) is 23.1 Å². The van der Waals surface area contributed by atoms with Crippen molar-refractivity contribution >= 4 is 23.2 Å². The third-order valence-corrected chi connectivity index (χ3v) is 2.85. The molecular weight excluding hydrogens is 209 g/mol. The van der Waals surface area contributed by atoms with Crippen LogP contribution in [-0.2, 0) is 6.42 Å². The van der Waals surface area contributed by atoms with Gasteiger partial charge in [-0.15, -0.1) is 0 Å². The van der Waals surface area contributed by atoms with E-state index in [1.165, 1.54) is 6.33 Å². The number of rotatable bonds is 2. The summed E-state index contributed by atoms with van der Waals surface area (Å²) in [5.74, 6) is 0.626. The molecule has 1 aliphatic rings. The predicted molar refractivity (Wildman–Crippen MR) is 52.1 cm³/mol. The number of nitrogens with zero attached hydrogens (tertiary/aromatic N) is 2. The van der Waals surface area contributed by atoms with Gasteiger partial charge in [-0.05, 0) is 25.4 Å². The zero-order valence-electron chi connectivity index (χ0n) is 6.93. The quantitative estimate of drug-likeness (QED) is 0.765. The fourth-order valence-corrected chi connectivity index (χ4v) is 1.79. The van der Waals surface area contributed by atoms with E-state index in [0.29, 0.717) is 16.2 Å². The van der Waals surface area contributed by atoms with Gasteiger partial charge in [-0.25, -0.2) is 9.97 Å². The molecule has 1 aliphatic heterocycles. The minimum atomic E-state index is 0.479. The Hall–Kier alpha value is -0.380. The zero-order valence-corrected chi connectivity index (χ0v) is 8.44. The second kappa shape index (κ2) is 3.78. The van der Waals surface area contributed by atoms with Crippen LogP contribution in [0, 0.1) is 5.92 Å². The van der Waals surface area contributed by atoms with Gasteiger partial charge in [0.05, 0.1) is 0 Å². The lowest BCUT2D eigenvalue weighted by atomic mass is 9.96. The third kappa shape index (κ3) is 1.93. The van der Waals surface area contributed by atoms with Crippen molar-refractivity contribution in [1.82, 2.24) is 15.3 Å². The molecule has 1 N–H and O–H groups in total. The van der Waals surface area contributed by atoms with Crippen molar-refractivity contribution in [3.05, 3.63) is 22.2 Å². The molecule has 0 atom stereocenters. The van der Waals surface area contributed by atoms with Gasteiger partial charge < -0.3 is 5.32 Å². The van der Waals surface area contributed by atoms with E-state index in [1.807, 2.05) is 0 Å². The lowest BCUT2D eigenvalue weighted by Gasteiger charge is -2.27. The van der Waals surface area contributed by atoms with E-state index in [0.717, 1.165) is 25.1 Å². The van der Waals surface area contributed by atoms with E-state index in [-0.39, 0.29) is 0 Å². The maximum atomic E-state index is 5.90. The lowest BCUT2D eigenvalue weighted by molar-refractivity contribution is 0.346. The Kier molecular flexibility index (Phi) is 2.67. The molecule has 70 valence electrons. The molecule has 1 aromatic rings. The van der Waals surface area contributed by atoms with Crippen LogP contribution < -0.4 is 5.32 Å². The molecule has 13 heavy (non-hydrogen) atoms. The molecule has 1 fully saturated rings. The summed E-state index contributed by atoms with van der Waals surface area (Å²) in [5, 5.41) is 4.15. The molecular formula is C8H9Cl2N3. The molecule has 5 heteroatoms. The van der Waals surface area contributed by atoms with E-state index in [4.69, 9.17) is 23.2 Å². The van der Waals surface area contributed by atoms with Crippen LogP contribution in [0.1, 0.15) is 5.56 Å². The van der Waals surface area contributed by atoms with Crippen molar-refractivity contribution in [2.45, 2.75) is 6.42 Å². The van der Waals surface area contributed by atoms with Crippen molar-refractivity contribution in [1.29, 1.82) is 0 Å². The monoisotopic (exact) mass is 217 g/mol. The highest BCUT2D eigenvalue weighted by molar-refractivity contribution is 6.34. The molecule has 1 aromatic heterocycles. The molecule has 0 spiro atoms. The molecule has 0 aliphatic carbocycles. The largest absolute Gasteiger partial charge is 0.316 e. The molecule has 1 saturated heterocycles. The first-order valence-corrected chi connectivity index (χ1v) is 4.88. The van der Waals surface area contributed by atoms with E-state index < -0.39 is 0 Å². The molecule has 3 nitrogen and oxygen atoms in total. The van der Waals surface area contributed by atoms with Gasteiger partial charge >= 0.3 is 0 Å². The summed E-state index contributed by atoms with van der Waals surface area (Å²) >= 11 is 11.8. The smallest absolute Gasteiger partial charge is 0.137 e. The van der Waals surface area contributed by atoms with Crippen LogP contribution >= 0.6 is 23.2 Å². The summed E-state index contributed by atoms with van der Waals surface area (Å²) in [4.78, 5) is 7.80. The van der Waals surface area contributed by atoms with Crippen LogP contribution in [0.4, 0.5) is 0 Å². The van der Waals surface area contributed by atoms with Crippen LogP contribution in [0.3, 0.4) is 0 Å². The molecule has 0 bridgehead atoms. The fourth-order valence-electron chi connectivity index (χ4n) is 1.32. The zero-order chi connectivity index (χ0) is 9.26. The highest BCUT2D eigenvalue weighted by atomic mass is 35.5. The molecule has 0 amide bonds. The van der Waals surface area contributed by atoms with Gasteiger partial charge in [0.1, 0.15) is 16.6 Å². The minimum Gasteiger partial charge on any atom is -0.316 e. The molecule has 2 rings (SSSR count). The predicted octanol–water partition coefficient (Wildman–Crippen LogP) is 1.55. The topological polar surface area (TPSA) is 37.8 Å². The maximum absolute atomic E-state index is 5.90. The summed E-state index contributed by atoms with van der Waals surface area (Å²) in [5.41, 5.74) is 0.873. The standard InChI is InChI=1S/C8H9Cl2N3/c9-7-6(1-5-2-11-3-5)8(10)13-4-12-7/h4-5,11H,1-3H2. The van der Waals surface area contributed by atoms with Crippen LogP contribution in [0.5, 0.6) is 0 Å². The van der Waals surface area contributed by atoms with Crippen molar-refractivity contribution in [2.75, 3.05) is 13.1 Å². The molecule has 2 heterocycles. The summed E-state index contributed by atoms with van der Waals surface area (Å²) in [6.07, 6.45) is 2.25. The van der Waals surface area contributed by atoms with Crippen LogP contribution in [0.15, 0.2) is 6.33 Å². The van der Waals surface area contributed by atoms with Gasteiger partial charge in [0.15, 0.2) is 0 Å². The van der Waals surface area contributed by atoms with E-state index in [2.05, 4.69) is 15.3 Å². The van der Waals surface area contributed by atoms with Gasteiger partial charge in [-0.1, -0.05) is 23.2 Å². The summed E-state index contributed by atoms with van der Waals surface area (Å²) in [6, 6.07) is 0. The number of aromatic nitrogens is 2. The highest BCUT2D eigenvalue weighted by Crippen LogP contribution is 2.24. The number of halogens is 2. The van der Waals surface area contributed by atoms with Gasteiger partial charge in [0.25, 0.3) is 0 Å². The number of nitrogens with one attached hydrogen (secondary N) is 1. The van der Waals surface area contributed by atoms with Gasteiger partial charge in [0.2, 0.25) is 0 Å². The Morgan fingerprint density at radius 1 is 1.31 bits per heavy atom. The second-order valence-electron chi connectivity index (χ2n) is 3.16. The Bertz CT molecular complexity index is 292. The first-order chi connectivity index (χ1) is 6.27. The fraction of sp³-hybridized carbons (Fsp3) is 0.500. The van der Waals surface area contributed by atoms with Crippen molar-refractivity contribution in [3.63, 3.8) is 0 Å². The first-order valence-electron chi connectivity index (χ1n) is 4.13. The van der Waals surface area contributed by atoms with Crippen molar-refractivity contribution < 1.29 is 0 Å². The van der Waals surface area contributed by atoms with Crippen molar-refractivity contribution in [3.8, 4) is 0 Å². The lowest BCUT2D eigenvalue weighted by Crippen LogP contribution is -2.43. The Balaban J connectivity index is 2.17. The van der Waals surface area contributed by atoms with Crippen LogP contribution in [0.2, 0.25) is 10.3 Å². The molecule has 0 radical (unpaired) electrons. The first kappa shape index (κ1) is 9.19. The normalized spacial score (nSPS) is 17.1. The minimum absolute atomic E-state index is 0.479. The number of hydrogen-bond acceptors (Lipinski definition) is 3. The summed E-state index contributed by atoms with van der Waals surface area (Å²) in [7, 11) is 0. The highest BCUT2D eigenvalue weighted by Gasteiger charge is 2.20. The van der Waals surface area contributed by atoms with Gasteiger partial charge in [0, 0.05) is 5.56 Å². The Morgan fingerprint density at radius 3 is 2.38 bits per heavy atom. The SMILES string of the molecule is Clc1ncnc(Cl)c1CC1CNC1. The average Bonchev–Trinajstić information content (AvgIpc) is 2.00. The van der Waals surface area contributed by atoms with Gasteiger partial charge in [-0.3, -0.25) is 0 Å². The second-order valence-corrected chi connectivity index (χ2v) is 3.88. The summed E-state index contributed by atoms with van der Waals surface area (Å²) in [6.45, 7) is 2.06. The Morgan fingerprint density at radius 2 is 1.92 bits per heavy atom. The average molecular weight is 218 g/mol. The Labute approximate surface area is 86.5 Å². The van der Waals surface area contributed by atoms with E-state index in [9.17, 15) is 0 Å². The van der Waals surface area contributed by atoms with Crippen LogP contribution in [0.25, 0.3) is 0 Å². The van der Waals surface area contributed by atoms with Gasteiger partial charge in [-0.2, -0.15) is 0 Å². The molecule has 0 saturated carbocycles. The van der Waals surface area contributed by atoms with E-state index >= 15 is 0 Å². The molecule has 0 unspecified atom stereocenters.